The predicted molar refractivity (Wildman–Crippen MR) is 125 cm³/mol. The van der Waals surface area contributed by atoms with E-state index in [1.165, 1.54) is 30.6 Å². The summed E-state index contributed by atoms with van der Waals surface area (Å²) >= 11 is 7.47. The summed E-state index contributed by atoms with van der Waals surface area (Å²) in [5, 5.41) is 3.72. The number of hydrogen-bond donors (Lipinski definition) is 1. The summed E-state index contributed by atoms with van der Waals surface area (Å²) in [4.78, 5) is 30.8. The zero-order chi connectivity index (χ0) is 21.6. The molecule has 1 N–H and O–H groups in total. The SMILES string of the molecule is O=C(COC(=O)c1cc(-c2ccc(Cl)s2)nc2ccccc12)NC1CCCCCCC1. The van der Waals surface area contributed by atoms with Gasteiger partial charge in [0.05, 0.1) is 26.0 Å². The highest BCUT2D eigenvalue weighted by Gasteiger charge is 2.19. The van der Waals surface area contributed by atoms with Gasteiger partial charge in [-0.3, -0.25) is 4.79 Å². The van der Waals surface area contributed by atoms with Crippen LogP contribution < -0.4 is 5.32 Å². The monoisotopic (exact) mass is 456 g/mol. The van der Waals surface area contributed by atoms with Gasteiger partial charge in [0.25, 0.3) is 5.91 Å². The Morgan fingerprint density at radius 2 is 1.81 bits per heavy atom. The lowest BCUT2D eigenvalue weighted by Crippen LogP contribution is -2.38. The van der Waals surface area contributed by atoms with Gasteiger partial charge < -0.3 is 10.1 Å². The lowest BCUT2D eigenvalue weighted by atomic mass is 9.97. The van der Waals surface area contributed by atoms with Crippen LogP contribution in [0, 0.1) is 0 Å². The second kappa shape index (κ2) is 10.2. The van der Waals surface area contributed by atoms with Gasteiger partial charge in [-0.05, 0) is 37.1 Å². The summed E-state index contributed by atoms with van der Waals surface area (Å²) < 4.78 is 6.04. The summed E-state index contributed by atoms with van der Waals surface area (Å²) in [6, 6.07) is 13.0. The number of fused-ring (bicyclic) bond motifs is 1. The van der Waals surface area contributed by atoms with Crippen molar-refractivity contribution < 1.29 is 14.3 Å². The second-order valence-electron chi connectivity index (χ2n) is 7.86. The average molecular weight is 457 g/mol. The van der Waals surface area contributed by atoms with Gasteiger partial charge in [0.2, 0.25) is 0 Å². The molecule has 2 heterocycles. The molecule has 0 saturated heterocycles. The van der Waals surface area contributed by atoms with E-state index < -0.39 is 5.97 Å². The lowest BCUT2D eigenvalue weighted by Gasteiger charge is -2.21. The summed E-state index contributed by atoms with van der Waals surface area (Å²) in [6.45, 7) is -0.286. The second-order valence-corrected chi connectivity index (χ2v) is 9.58. The maximum absolute atomic E-state index is 12.9. The van der Waals surface area contributed by atoms with E-state index in [4.69, 9.17) is 16.3 Å². The molecular formula is C24H25ClN2O3S. The summed E-state index contributed by atoms with van der Waals surface area (Å²) in [5.74, 6) is -0.780. The number of nitrogens with zero attached hydrogens (tertiary/aromatic N) is 1. The van der Waals surface area contributed by atoms with Crippen molar-refractivity contribution in [3.63, 3.8) is 0 Å². The third-order valence-electron chi connectivity index (χ3n) is 5.57. The molecule has 0 atom stereocenters. The van der Waals surface area contributed by atoms with Crippen LogP contribution >= 0.6 is 22.9 Å². The Morgan fingerprint density at radius 3 is 2.55 bits per heavy atom. The average Bonchev–Trinajstić information content (AvgIpc) is 3.19. The topological polar surface area (TPSA) is 68.3 Å². The largest absolute Gasteiger partial charge is 0.452 e. The quantitative estimate of drug-likeness (QED) is 0.478. The van der Waals surface area contributed by atoms with Gasteiger partial charge in [0.1, 0.15) is 0 Å². The van der Waals surface area contributed by atoms with E-state index in [1.807, 2.05) is 30.3 Å². The number of hydrogen-bond acceptors (Lipinski definition) is 5. The number of para-hydroxylation sites is 1. The molecule has 0 aliphatic heterocycles. The summed E-state index contributed by atoms with van der Waals surface area (Å²) in [7, 11) is 0. The van der Waals surface area contributed by atoms with E-state index in [-0.39, 0.29) is 18.6 Å². The van der Waals surface area contributed by atoms with Crippen molar-refractivity contribution in [1.82, 2.24) is 10.3 Å². The molecule has 1 amide bonds. The molecule has 0 unspecified atom stereocenters. The summed E-state index contributed by atoms with van der Waals surface area (Å²) in [6.07, 6.45) is 7.94. The number of carbonyl (C=O) groups excluding carboxylic acids is 2. The number of amides is 1. The molecule has 1 aliphatic rings. The highest BCUT2D eigenvalue weighted by molar-refractivity contribution is 7.19. The van der Waals surface area contributed by atoms with Crippen LogP contribution in [0.2, 0.25) is 4.34 Å². The molecule has 3 aromatic rings. The first-order chi connectivity index (χ1) is 15.1. The van der Waals surface area contributed by atoms with Crippen molar-refractivity contribution in [2.45, 2.75) is 51.0 Å². The molecule has 7 heteroatoms. The van der Waals surface area contributed by atoms with Crippen molar-refractivity contribution >= 4 is 45.7 Å². The number of aromatic nitrogens is 1. The Labute approximate surface area is 190 Å². The van der Waals surface area contributed by atoms with E-state index >= 15 is 0 Å². The van der Waals surface area contributed by atoms with E-state index in [2.05, 4.69) is 10.3 Å². The highest BCUT2D eigenvalue weighted by atomic mass is 35.5. The van der Waals surface area contributed by atoms with Crippen molar-refractivity contribution in [2.75, 3.05) is 6.61 Å². The normalized spacial score (nSPS) is 15.3. The van der Waals surface area contributed by atoms with E-state index in [1.54, 1.807) is 12.1 Å². The Hall–Kier alpha value is -2.44. The van der Waals surface area contributed by atoms with Crippen LogP contribution in [0.25, 0.3) is 21.5 Å². The maximum atomic E-state index is 12.9. The van der Waals surface area contributed by atoms with Gasteiger partial charge in [0, 0.05) is 11.4 Å². The van der Waals surface area contributed by atoms with Gasteiger partial charge in [-0.15, -0.1) is 11.3 Å². The fraction of sp³-hybridized carbons (Fsp3) is 0.375. The number of carbonyl (C=O) groups is 2. The molecule has 5 nitrogen and oxygen atoms in total. The minimum absolute atomic E-state index is 0.170. The lowest BCUT2D eigenvalue weighted by molar-refractivity contribution is -0.125. The smallest absolute Gasteiger partial charge is 0.339 e. The molecule has 0 radical (unpaired) electrons. The first kappa shape index (κ1) is 21.8. The minimum Gasteiger partial charge on any atom is -0.452 e. The Balaban J connectivity index is 1.47. The predicted octanol–water partition coefficient (Wildman–Crippen LogP) is 6.00. The zero-order valence-corrected chi connectivity index (χ0v) is 18.8. The number of pyridine rings is 1. The minimum atomic E-state index is -0.532. The van der Waals surface area contributed by atoms with Gasteiger partial charge >= 0.3 is 5.97 Å². The Bertz CT molecular complexity index is 1070. The molecular weight excluding hydrogens is 432 g/mol. The van der Waals surface area contributed by atoms with Crippen LogP contribution in [0.5, 0.6) is 0 Å². The first-order valence-electron chi connectivity index (χ1n) is 10.7. The number of nitrogens with one attached hydrogen (secondary N) is 1. The Morgan fingerprint density at radius 1 is 1.06 bits per heavy atom. The molecule has 2 aromatic heterocycles. The van der Waals surface area contributed by atoms with E-state index in [0.717, 1.165) is 30.6 Å². The third kappa shape index (κ3) is 5.63. The molecule has 0 bridgehead atoms. The van der Waals surface area contributed by atoms with Crippen molar-refractivity contribution in [3.8, 4) is 10.6 Å². The zero-order valence-electron chi connectivity index (χ0n) is 17.2. The first-order valence-corrected chi connectivity index (χ1v) is 11.9. The Kier molecular flexibility index (Phi) is 7.20. The number of rotatable bonds is 5. The van der Waals surface area contributed by atoms with Gasteiger partial charge in [-0.2, -0.15) is 0 Å². The number of ether oxygens (including phenoxy) is 1. The van der Waals surface area contributed by atoms with Crippen LogP contribution in [0.4, 0.5) is 0 Å². The molecule has 1 aliphatic carbocycles. The van der Waals surface area contributed by atoms with E-state index in [9.17, 15) is 9.59 Å². The van der Waals surface area contributed by atoms with Crippen molar-refractivity contribution in [3.05, 3.63) is 52.4 Å². The maximum Gasteiger partial charge on any atom is 0.339 e. The standard InChI is InChI=1S/C24H25ClN2O3S/c25-22-13-12-21(31-22)20-14-18(17-10-6-7-11-19(17)27-20)24(29)30-15-23(28)26-16-8-4-2-1-3-5-9-16/h6-7,10-14,16H,1-5,8-9,15H2,(H,26,28). The molecule has 4 rings (SSSR count). The molecule has 31 heavy (non-hydrogen) atoms. The van der Waals surface area contributed by atoms with Gasteiger partial charge in [0.15, 0.2) is 6.61 Å². The fourth-order valence-corrected chi connectivity index (χ4v) is 5.00. The molecule has 162 valence electrons. The van der Waals surface area contributed by atoms with E-state index in [0.29, 0.717) is 26.5 Å². The molecule has 0 spiro atoms. The molecule has 1 aromatic carbocycles. The highest BCUT2D eigenvalue weighted by Crippen LogP contribution is 2.32. The van der Waals surface area contributed by atoms with Gasteiger partial charge in [-0.1, -0.05) is 61.9 Å². The number of thiophene rings is 1. The van der Waals surface area contributed by atoms with Gasteiger partial charge in [-0.25, -0.2) is 9.78 Å². The number of benzene rings is 1. The molecule has 1 fully saturated rings. The van der Waals surface area contributed by atoms with Crippen LogP contribution in [0.1, 0.15) is 55.3 Å². The fourth-order valence-electron chi connectivity index (χ4n) is 4.00. The van der Waals surface area contributed by atoms with Crippen LogP contribution in [0.3, 0.4) is 0 Å². The van der Waals surface area contributed by atoms with Crippen LogP contribution in [-0.2, 0) is 9.53 Å². The number of esters is 1. The van der Waals surface area contributed by atoms with Crippen molar-refractivity contribution in [1.29, 1.82) is 0 Å². The van der Waals surface area contributed by atoms with Crippen LogP contribution in [0.15, 0.2) is 42.5 Å². The molecule has 1 saturated carbocycles. The number of halogens is 1. The van der Waals surface area contributed by atoms with Crippen molar-refractivity contribution in [2.24, 2.45) is 0 Å². The van der Waals surface area contributed by atoms with Crippen LogP contribution in [-0.4, -0.2) is 29.5 Å². The summed E-state index contributed by atoms with van der Waals surface area (Å²) in [5.41, 5.74) is 1.74. The third-order valence-corrected chi connectivity index (χ3v) is 6.82.